The summed E-state index contributed by atoms with van der Waals surface area (Å²) in [5, 5.41) is 6.20. The lowest BCUT2D eigenvalue weighted by atomic mass is 9.93. The lowest BCUT2D eigenvalue weighted by molar-refractivity contribution is 0.655. The summed E-state index contributed by atoms with van der Waals surface area (Å²) >= 11 is 0. The minimum Gasteiger partial charge on any atom is -0.438 e. The van der Waals surface area contributed by atoms with Crippen LogP contribution in [0.4, 0.5) is 0 Å². The Bertz CT molecular complexity index is 6800. The highest BCUT2D eigenvalue weighted by molar-refractivity contribution is 6.20. The third-order valence-corrected chi connectivity index (χ3v) is 20.0. The summed E-state index contributed by atoms with van der Waals surface area (Å²) in [6.45, 7) is 0. The van der Waals surface area contributed by atoms with E-state index < -0.39 is 0 Å². The standard InChI is InChI=1S/C96H58N8O2/c1-3-19-59(20-4-1)60-43-49-66(50-44-60)91-100-92(104-94(103-91)76-30-18-26-72(58-76)70-24-16-28-74(56-70)86-78-32-8-12-36-82(78)98-96-88(86)80-34-10-14-38-84(80)106-96)68-53-47-64(48-54-68)62-41-39-61(40-42-62)63-45-51-67(52-46-63)90-99-89(65-21-5-2-6-22-65)101-93(102-90)75-29-17-25-71(57-75)69-23-15-27-73(55-69)85-77-31-7-11-35-81(77)97-95-87(85)79-33-9-13-37-83(79)105-95/h1-58H. The molecule has 494 valence electrons. The van der Waals surface area contributed by atoms with E-state index >= 15 is 0 Å². The summed E-state index contributed by atoms with van der Waals surface area (Å²) < 4.78 is 12.7. The van der Waals surface area contributed by atoms with Crippen LogP contribution < -0.4 is 0 Å². The van der Waals surface area contributed by atoms with Gasteiger partial charge in [-0.15, -0.1) is 0 Å². The Labute approximate surface area is 609 Å². The molecule has 20 rings (SSSR count). The van der Waals surface area contributed by atoms with Crippen molar-refractivity contribution in [2.75, 3.05) is 0 Å². The molecule has 0 aliphatic carbocycles. The van der Waals surface area contributed by atoms with Crippen molar-refractivity contribution in [2.24, 2.45) is 0 Å². The molecule has 0 fully saturated rings. The van der Waals surface area contributed by atoms with E-state index in [1.54, 1.807) is 0 Å². The number of fused-ring (bicyclic) bond motifs is 8. The zero-order valence-corrected chi connectivity index (χ0v) is 56.9. The number of benzene rings is 14. The number of nitrogens with zero attached hydrogens (tertiary/aromatic N) is 8. The molecule has 20 aromatic rings. The molecule has 14 aromatic carbocycles. The van der Waals surface area contributed by atoms with Crippen LogP contribution in [0.1, 0.15) is 0 Å². The second kappa shape index (κ2) is 25.8. The van der Waals surface area contributed by atoms with Gasteiger partial charge in [0.1, 0.15) is 11.2 Å². The van der Waals surface area contributed by atoms with Gasteiger partial charge in [-0.3, -0.25) is 0 Å². The van der Waals surface area contributed by atoms with Crippen LogP contribution in [-0.4, -0.2) is 39.9 Å². The zero-order valence-electron chi connectivity index (χ0n) is 56.9. The number of pyridine rings is 2. The molecule has 0 aliphatic heterocycles. The van der Waals surface area contributed by atoms with Gasteiger partial charge in [-0.1, -0.05) is 303 Å². The second-order valence-corrected chi connectivity index (χ2v) is 26.5. The van der Waals surface area contributed by atoms with E-state index in [0.717, 1.165) is 166 Å². The largest absolute Gasteiger partial charge is 0.438 e. The molecule has 0 N–H and O–H groups in total. The predicted octanol–water partition coefficient (Wildman–Crippen LogP) is 24.6. The fraction of sp³-hybridized carbons (Fsp3) is 0. The molecule has 0 bridgehead atoms. The number of furan rings is 2. The van der Waals surface area contributed by atoms with Gasteiger partial charge in [0.05, 0.1) is 21.8 Å². The fourth-order valence-electron chi connectivity index (χ4n) is 14.8. The van der Waals surface area contributed by atoms with Crippen LogP contribution >= 0.6 is 0 Å². The van der Waals surface area contributed by atoms with Crippen molar-refractivity contribution in [1.29, 1.82) is 0 Å². The number of hydrogen-bond donors (Lipinski definition) is 0. The molecular formula is C96H58N8O2. The molecule has 0 spiro atoms. The molecule has 0 aliphatic rings. The Morgan fingerprint density at radius 1 is 0.160 bits per heavy atom. The Kier molecular flexibility index (Phi) is 15.0. The molecule has 0 unspecified atom stereocenters. The first-order valence-electron chi connectivity index (χ1n) is 35.3. The molecule has 0 saturated heterocycles. The normalized spacial score (nSPS) is 11.6. The summed E-state index contributed by atoms with van der Waals surface area (Å²) in [6, 6.07) is 122. The first-order chi connectivity index (χ1) is 52.5. The predicted molar refractivity (Wildman–Crippen MR) is 429 cm³/mol. The molecular weight excluding hydrogens is 1300 g/mol. The molecule has 0 radical (unpaired) electrons. The average Bonchev–Trinajstić information content (AvgIpc) is 1.58. The maximum atomic E-state index is 6.38. The lowest BCUT2D eigenvalue weighted by Crippen LogP contribution is -2.00. The van der Waals surface area contributed by atoms with E-state index in [2.05, 4.69) is 267 Å². The monoisotopic (exact) mass is 1350 g/mol. The van der Waals surface area contributed by atoms with Gasteiger partial charge in [0, 0.05) is 66.1 Å². The third kappa shape index (κ3) is 11.3. The summed E-state index contributed by atoms with van der Waals surface area (Å²) in [4.78, 5) is 41.1. The highest BCUT2D eigenvalue weighted by atomic mass is 16.3. The first-order valence-corrected chi connectivity index (χ1v) is 35.3. The topological polar surface area (TPSA) is 129 Å². The number of para-hydroxylation sites is 4. The molecule has 6 aromatic heterocycles. The minimum absolute atomic E-state index is 0.571. The van der Waals surface area contributed by atoms with Crippen molar-refractivity contribution in [1.82, 2.24) is 39.9 Å². The Morgan fingerprint density at radius 2 is 0.396 bits per heavy atom. The van der Waals surface area contributed by atoms with Gasteiger partial charge in [-0.2, -0.15) is 0 Å². The average molecular weight is 1360 g/mol. The quantitative estimate of drug-likeness (QED) is 0.110. The molecule has 10 nitrogen and oxygen atoms in total. The van der Waals surface area contributed by atoms with Gasteiger partial charge >= 0.3 is 0 Å². The lowest BCUT2D eigenvalue weighted by Gasteiger charge is -2.12. The summed E-state index contributed by atoms with van der Waals surface area (Å²) in [6.07, 6.45) is 0. The van der Waals surface area contributed by atoms with Gasteiger partial charge in [0.15, 0.2) is 34.9 Å². The van der Waals surface area contributed by atoms with Crippen molar-refractivity contribution >= 4 is 65.9 Å². The van der Waals surface area contributed by atoms with Gasteiger partial charge in [0.2, 0.25) is 11.4 Å². The van der Waals surface area contributed by atoms with Crippen molar-refractivity contribution in [2.45, 2.75) is 0 Å². The van der Waals surface area contributed by atoms with E-state index in [0.29, 0.717) is 46.4 Å². The number of hydrogen-bond acceptors (Lipinski definition) is 10. The maximum absolute atomic E-state index is 6.38. The van der Waals surface area contributed by atoms with Gasteiger partial charge in [-0.25, -0.2) is 39.9 Å². The molecule has 6 heterocycles. The van der Waals surface area contributed by atoms with E-state index in [1.807, 2.05) is 84.9 Å². The fourth-order valence-corrected chi connectivity index (χ4v) is 14.8. The van der Waals surface area contributed by atoms with Crippen molar-refractivity contribution in [3.63, 3.8) is 0 Å². The van der Waals surface area contributed by atoms with Crippen LogP contribution in [0.2, 0.25) is 0 Å². The van der Waals surface area contributed by atoms with E-state index in [1.165, 1.54) is 0 Å². The first kappa shape index (κ1) is 61.4. The van der Waals surface area contributed by atoms with Crippen molar-refractivity contribution in [3.05, 3.63) is 352 Å². The smallest absolute Gasteiger partial charge is 0.228 e. The SMILES string of the molecule is c1ccc(-c2ccc(-c3nc(-c4ccc(-c5ccc(-c6ccc(-c7nc(-c8ccccc8)nc(-c8cccc(-c9cccc(-c%10c%11ccccc%11nc%11oc%12ccccc%12c%10%11)c9)c8)n7)cc6)cc5)cc4)nc(-c4cccc(-c5cccc(-c6c7ccccc7nc7oc8ccccc8c67)c5)c4)n3)cc2)cc1. The minimum atomic E-state index is 0.571. The molecule has 0 amide bonds. The van der Waals surface area contributed by atoms with E-state index in [9.17, 15) is 0 Å². The highest BCUT2D eigenvalue weighted by Gasteiger charge is 2.23. The van der Waals surface area contributed by atoms with Gasteiger partial charge in [0.25, 0.3) is 0 Å². The van der Waals surface area contributed by atoms with Crippen molar-refractivity contribution < 1.29 is 8.83 Å². The van der Waals surface area contributed by atoms with Crippen LogP contribution in [0.5, 0.6) is 0 Å². The van der Waals surface area contributed by atoms with Gasteiger partial charge in [-0.05, 0) is 115 Å². The van der Waals surface area contributed by atoms with Crippen LogP contribution in [0.15, 0.2) is 361 Å². The highest BCUT2D eigenvalue weighted by Crippen LogP contribution is 2.45. The maximum Gasteiger partial charge on any atom is 0.228 e. The molecule has 0 saturated carbocycles. The Morgan fingerprint density at radius 3 is 0.755 bits per heavy atom. The number of aromatic nitrogens is 8. The molecule has 0 atom stereocenters. The van der Waals surface area contributed by atoms with Gasteiger partial charge < -0.3 is 8.83 Å². The summed E-state index contributed by atoms with van der Waals surface area (Å²) in [5.41, 5.74) is 25.0. The second-order valence-electron chi connectivity index (χ2n) is 26.5. The van der Waals surface area contributed by atoms with Crippen LogP contribution in [-0.2, 0) is 0 Å². The molecule has 106 heavy (non-hydrogen) atoms. The van der Waals surface area contributed by atoms with Crippen LogP contribution in [0.25, 0.3) is 212 Å². The number of rotatable bonds is 13. The molecule has 10 heteroatoms. The summed E-state index contributed by atoms with van der Waals surface area (Å²) in [5.74, 6) is 3.48. The van der Waals surface area contributed by atoms with E-state index in [4.69, 9.17) is 48.7 Å². The van der Waals surface area contributed by atoms with Crippen LogP contribution in [0, 0.1) is 0 Å². The summed E-state index contributed by atoms with van der Waals surface area (Å²) in [7, 11) is 0. The van der Waals surface area contributed by atoms with Crippen molar-refractivity contribution in [3.8, 4) is 146 Å². The Hall–Kier alpha value is -14.5. The Balaban J connectivity index is 0.589. The van der Waals surface area contributed by atoms with Crippen LogP contribution in [0.3, 0.4) is 0 Å². The van der Waals surface area contributed by atoms with E-state index in [-0.39, 0.29) is 0 Å². The third-order valence-electron chi connectivity index (χ3n) is 20.0. The zero-order chi connectivity index (χ0) is 70.0.